The molecule has 0 aliphatic carbocycles. The van der Waals surface area contributed by atoms with Gasteiger partial charge in [-0.2, -0.15) is 0 Å². The van der Waals surface area contributed by atoms with Gasteiger partial charge in [-0.1, -0.05) is 6.92 Å². The van der Waals surface area contributed by atoms with E-state index in [4.69, 9.17) is 16.6 Å². The van der Waals surface area contributed by atoms with Crippen molar-refractivity contribution in [2.45, 2.75) is 25.8 Å². The summed E-state index contributed by atoms with van der Waals surface area (Å²) in [7, 11) is 0. The van der Waals surface area contributed by atoms with Gasteiger partial charge in [-0.15, -0.1) is 0 Å². The Bertz CT molecular complexity index is 221. The van der Waals surface area contributed by atoms with E-state index >= 15 is 0 Å². The third-order valence-electron chi connectivity index (χ3n) is 2.00. The van der Waals surface area contributed by atoms with Crippen LogP contribution >= 0.6 is 0 Å². The van der Waals surface area contributed by atoms with Crippen LogP contribution in [0.1, 0.15) is 19.8 Å². The smallest absolute Gasteiger partial charge is 0.237 e. The lowest BCUT2D eigenvalue weighted by Gasteiger charge is -2.14. The van der Waals surface area contributed by atoms with E-state index in [1.54, 1.807) is 0 Å². The fraction of sp³-hybridized carbons (Fsp3) is 0.778. The Labute approximate surface area is 89.0 Å². The molecule has 6 heteroatoms. The van der Waals surface area contributed by atoms with Gasteiger partial charge in [0, 0.05) is 13.2 Å². The third-order valence-corrected chi connectivity index (χ3v) is 2.00. The number of primary amides is 1. The van der Waals surface area contributed by atoms with Gasteiger partial charge in [0.1, 0.15) is 0 Å². The maximum Gasteiger partial charge on any atom is 0.237 e. The molecule has 0 radical (unpaired) electrons. The van der Waals surface area contributed by atoms with E-state index in [0.717, 1.165) is 0 Å². The lowest BCUT2D eigenvalue weighted by Crippen LogP contribution is -2.44. The fourth-order valence-electron chi connectivity index (χ4n) is 1.04. The molecule has 2 atom stereocenters. The van der Waals surface area contributed by atoms with Crippen LogP contribution in [0.3, 0.4) is 0 Å². The van der Waals surface area contributed by atoms with Gasteiger partial charge in [0.15, 0.2) is 0 Å². The average Bonchev–Trinajstić information content (AvgIpc) is 2.13. The highest BCUT2D eigenvalue weighted by Crippen LogP contribution is 1.98. The Morgan fingerprint density at radius 1 is 1.47 bits per heavy atom. The van der Waals surface area contributed by atoms with Crippen LogP contribution in [0.4, 0.5) is 0 Å². The zero-order valence-corrected chi connectivity index (χ0v) is 8.90. The molecule has 6 N–H and O–H groups in total. The van der Waals surface area contributed by atoms with Crippen molar-refractivity contribution in [2.75, 3.05) is 13.2 Å². The topological polar surface area (TPSA) is 118 Å². The van der Waals surface area contributed by atoms with Gasteiger partial charge in [-0.05, 0) is 12.3 Å². The second-order valence-corrected chi connectivity index (χ2v) is 3.64. The van der Waals surface area contributed by atoms with Crippen molar-refractivity contribution in [2.24, 2.45) is 17.4 Å². The van der Waals surface area contributed by atoms with Crippen molar-refractivity contribution in [3.63, 3.8) is 0 Å². The van der Waals surface area contributed by atoms with Crippen molar-refractivity contribution in [1.82, 2.24) is 5.32 Å². The normalized spacial score (nSPS) is 14.3. The summed E-state index contributed by atoms with van der Waals surface area (Å²) in [6.45, 7) is 2.42. The maximum absolute atomic E-state index is 11.3. The van der Waals surface area contributed by atoms with Gasteiger partial charge < -0.3 is 21.9 Å². The first-order valence-electron chi connectivity index (χ1n) is 4.89. The Kier molecular flexibility index (Phi) is 6.64. The highest BCUT2D eigenvalue weighted by atomic mass is 16.3. The molecule has 0 rings (SSSR count). The molecule has 15 heavy (non-hydrogen) atoms. The van der Waals surface area contributed by atoms with Gasteiger partial charge in [-0.3, -0.25) is 9.59 Å². The number of nitrogens with one attached hydrogen (secondary N) is 1. The fourth-order valence-corrected chi connectivity index (χ4v) is 1.04. The molecule has 0 aromatic heterocycles. The molecule has 0 bridgehead atoms. The number of amides is 2. The minimum atomic E-state index is -0.885. The summed E-state index contributed by atoms with van der Waals surface area (Å²) >= 11 is 0. The second-order valence-electron chi connectivity index (χ2n) is 3.64. The van der Waals surface area contributed by atoms with E-state index in [1.165, 1.54) is 0 Å². The summed E-state index contributed by atoms with van der Waals surface area (Å²) < 4.78 is 0. The van der Waals surface area contributed by atoms with Gasteiger partial charge in [0.05, 0.1) is 12.5 Å². The molecule has 0 fully saturated rings. The highest BCUT2D eigenvalue weighted by Gasteiger charge is 2.15. The number of nitrogens with two attached hydrogens (primary N) is 2. The summed E-state index contributed by atoms with van der Waals surface area (Å²) in [6.07, 6.45) is 0.464. The number of aliphatic hydroxyl groups is 1. The van der Waals surface area contributed by atoms with Crippen LogP contribution in [0, 0.1) is 5.92 Å². The van der Waals surface area contributed by atoms with Crippen LogP contribution in [0.2, 0.25) is 0 Å². The molecule has 0 spiro atoms. The van der Waals surface area contributed by atoms with Crippen LogP contribution in [0.5, 0.6) is 0 Å². The molecule has 0 aromatic rings. The maximum atomic E-state index is 11.3. The molecule has 2 unspecified atom stereocenters. The third kappa shape index (κ3) is 6.87. The molecule has 0 saturated carbocycles. The largest absolute Gasteiger partial charge is 0.396 e. The summed E-state index contributed by atoms with van der Waals surface area (Å²) in [5, 5.41) is 11.2. The minimum absolute atomic E-state index is 0.0877. The molecule has 0 aliphatic heterocycles. The zero-order chi connectivity index (χ0) is 11.8. The second kappa shape index (κ2) is 7.19. The van der Waals surface area contributed by atoms with Crippen molar-refractivity contribution in [1.29, 1.82) is 0 Å². The first-order chi connectivity index (χ1) is 6.97. The zero-order valence-electron chi connectivity index (χ0n) is 8.90. The standard InChI is InChI=1S/C9H19N3O3/c1-6(2-3-13)5-12-9(15)7(10)4-8(11)14/h6-7,13H,2-5,10H2,1H3,(H2,11,14)(H,12,15). The molecule has 0 aromatic carbocycles. The summed E-state index contributed by atoms with van der Waals surface area (Å²) in [6, 6.07) is -0.885. The van der Waals surface area contributed by atoms with Gasteiger partial charge in [-0.25, -0.2) is 0 Å². The lowest BCUT2D eigenvalue weighted by atomic mass is 10.1. The summed E-state index contributed by atoms with van der Waals surface area (Å²) in [4.78, 5) is 21.8. The van der Waals surface area contributed by atoms with E-state index in [2.05, 4.69) is 5.32 Å². The van der Waals surface area contributed by atoms with Gasteiger partial charge in [0.25, 0.3) is 0 Å². The Hall–Kier alpha value is -1.14. The number of hydrogen-bond acceptors (Lipinski definition) is 4. The number of carbonyl (C=O) groups excluding carboxylic acids is 2. The van der Waals surface area contributed by atoms with E-state index < -0.39 is 17.9 Å². The monoisotopic (exact) mass is 217 g/mol. The quantitative estimate of drug-likeness (QED) is 0.407. The van der Waals surface area contributed by atoms with Crippen LogP contribution < -0.4 is 16.8 Å². The summed E-state index contributed by atoms with van der Waals surface area (Å²) in [5.41, 5.74) is 10.3. The predicted molar refractivity (Wildman–Crippen MR) is 55.7 cm³/mol. The number of hydrogen-bond donors (Lipinski definition) is 4. The number of aliphatic hydroxyl groups excluding tert-OH is 1. The van der Waals surface area contributed by atoms with Crippen LogP contribution in [-0.2, 0) is 9.59 Å². The van der Waals surface area contributed by atoms with Crippen molar-refractivity contribution >= 4 is 11.8 Å². The molecule has 6 nitrogen and oxygen atoms in total. The molecule has 0 aliphatic rings. The Morgan fingerprint density at radius 3 is 2.53 bits per heavy atom. The van der Waals surface area contributed by atoms with Crippen molar-refractivity contribution in [3.8, 4) is 0 Å². The first-order valence-corrected chi connectivity index (χ1v) is 4.89. The van der Waals surface area contributed by atoms with E-state index in [-0.39, 0.29) is 18.9 Å². The van der Waals surface area contributed by atoms with Crippen LogP contribution in [-0.4, -0.2) is 36.1 Å². The molecule has 88 valence electrons. The molecule has 2 amide bonds. The van der Waals surface area contributed by atoms with Gasteiger partial charge in [0.2, 0.25) is 11.8 Å². The predicted octanol–water partition coefficient (Wildman–Crippen LogP) is -1.68. The first kappa shape index (κ1) is 13.9. The molecule has 0 heterocycles. The van der Waals surface area contributed by atoms with E-state index in [9.17, 15) is 9.59 Å². The van der Waals surface area contributed by atoms with Crippen LogP contribution in [0.25, 0.3) is 0 Å². The number of carbonyl (C=O) groups is 2. The average molecular weight is 217 g/mol. The van der Waals surface area contributed by atoms with Crippen molar-refractivity contribution in [3.05, 3.63) is 0 Å². The minimum Gasteiger partial charge on any atom is -0.396 e. The van der Waals surface area contributed by atoms with Crippen molar-refractivity contribution < 1.29 is 14.7 Å². The van der Waals surface area contributed by atoms with Gasteiger partial charge >= 0.3 is 0 Å². The SMILES string of the molecule is CC(CCO)CNC(=O)C(N)CC(N)=O. The Balaban J connectivity index is 3.77. The van der Waals surface area contributed by atoms with E-state index in [1.807, 2.05) is 6.92 Å². The highest BCUT2D eigenvalue weighted by molar-refractivity contribution is 5.87. The molecular formula is C9H19N3O3. The van der Waals surface area contributed by atoms with Crippen LogP contribution in [0.15, 0.2) is 0 Å². The van der Waals surface area contributed by atoms with E-state index in [0.29, 0.717) is 13.0 Å². The number of rotatable bonds is 7. The summed E-state index contributed by atoms with van der Waals surface area (Å²) in [5.74, 6) is -0.806. The molecule has 0 saturated heterocycles. The lowest BCUT2D eigenvalue weighted by molar-refractivity contribution is -0.126. The molecular weight excluding hydrogens is 198 g/mol. The Morgan fingerprint density at radius 2 is 2.07 bits per heavy atom.